The number of carbonyl (C=O) groups excluding carboxylic acids is 2. The Bertz CT molecular complexity index is 871. The summed E-state index contributed by atoms with van der Waals surface area (Å²) in [5, 5.41) is 14.4. The zero-order valence-electron chi connectivity index (χ0n) is 22.9. The molecule has 2 N–H and O–H groups in total. The summed E-state index contributed by atoms with van der Waals surface area (Å²) in [6.45, 7) is 7.26. The number of aliphatic hydroxyl groups is 1. The van der Waals surface area contributed by atoms with Crippen LogP contribution in [-0.4, -0.2) is 71.8 Å². The number of nitrogens with zero attached hydrogens (tertiary/aromatic N) is 2. The number of nitrogens with one attached hydrogen (secondary N) is 1. The molecule has 1 aromatic rings. The van der Waals surface area contributed by atoms with E-state index in [1.54, 1.807) is 0 Å². The van der Waals surface area contributed by atoms with Crippen molar-refractivity contribution in [3.05, 3.63) is 35.9 Å². The molecule has 37 heavy (non-hydrogen) atoms. The highest BCUT2D eigenvalue weighted by Crippen LogP contribution is 2.32. The SMILES string of the molecule is CC1(C)COCCC[C@H]2CN(C(=O)NC3CCCCC3)CC[C@H]2CC(=O)N(Cc2ccccc2)C[C@@H]1O. The number of hydrogen-bond donors (Lipinski definition) is 2. The van der Waals surface area contributed by atoms with Gasteiger partial charge in [-0.3, -0.25) is 4.79 Å². The second-order valence-corrected chi connectivity index (χ2v) is 12.2. The Hall–Kier alpha value is -2.12. The molecule has 1 aliphatic carbocycles. The second kappa shape index (κ2) is 13.1. The number of hydrogen-bond acceptors (Lipinski definition) is 4. The molecule has 2 saturated heterocycles. The Morgan fingerprint density at radius 3 is 2.54 bits per heavy atom. The number of β-amino-alcohol motifs (C(OH)–C–C–N with tert-alkyl or cyclic N) is 1. The smallest absolute Gasteiger partial charge is 0.317 e. The summed E-state index contributed by atoms with van der Waals surface area (Å²) in [7, 11) is 0. The van der Waals surface area contributed by atoms with E-state index in [1.165, 1.54) is 19.3 Å². The Kier molecular flexibility index (Phi) is 9.88. The third-order valence-electron chi connectivity index (χ3n) is 8.75. The van der Waals surface area contributed by atoms with Crippen LogP contribution in [0.4, 0.5) is 4.79 Å². The van der Waals surface area contributed by atoms with E-state index in [0.29, 0.717) is 45.3 Å². The molecular formula is C30H47N3O4. The van der Waals surface area contributed by atoms with E-state index in [4.69, 9.17) is 4.74 Å². The van der Waals surface area contributed by atoms with Crippen molar-refractivity contribution in [2.75, 3.05) is 32.8 Å². The number of rotatable bonds is 3. The van der Waals surface area contributed by atoms with E-state index in [1.807, 2.05) is 54.0 Å². The fourth-order valence-electron chi connectivity index (χ4n) is 6.12. The van der Waals surface area contributed by atoms with Crippen LogP contribution < -0.4 is 5.32 Å². The minimum Gasteiger partial charge on any atom is -0.391 e. The first-order valence-corrected chi connectivity index (χ1v) is 14.4. The number of amides is 3. The van der Waals surface area contributed by atoms with Gasteiger partial charge in [0.25, 0.3) is 0 Å². The van der Waals surface area contributed by atoms with Crippen LogP contribution >= 0.6 is 0 Å². The summed E-state index contributed by atoms with van der Waals surface area (Å²) >= 11 is 0. The average Bonchev–Trinajstić information content (AvgIpc) is 2.90. The molecule has 0 aromatic heterocycles. The first-order chi connectivity index (χ1) is 17.8. The Balaban J connectivity index is 1.46. The molecule has 1 aromatic carbocycles. The fraction of sp³-hybridized carbons (Fsp3) is 0.733. The lowest BCUT2D eigenvalue weighted by Crippen LogP contribution is -2.51. The minimum atomic E-state index is -0.679. The summed E-state index contributed by atoms with van der Waals surface area (Å²) in [5.41, 5.74) is 0.608. The number of benzene rings is 1. The van der Waals surface area contributed by atoms with Gasteiger partial charge < -0.3 is 25.0 Å². The first kappa shape index (κ1) is 27.9. The van der Waals surface area contributed by atoms with Crippen molar-refractivity contribution in [2.45, 2.75) is 90.3 Å². The predicted molar refractivity (Wildman–Crippen MR) is 145 cm³/mol. The number of likely N-dealkylation sites (tertiary alicyclic amines) is 1. The maximum atomic E-state index is 13.7. The molecule has 2 aliphatic heterocycles. The molecule has 2 heterocycles. The van der Waals surface area contributed by atoms with Gasteiger partial charge in [-0.15, -0.1) is 0 Å². The fourth-order valence-corrected chi connectivity index (χ4v) is 6.12. The quantitative estimate of drug-likeness (QED) is 0.620. The highest BCUT2D eigenvalue weighted by molar-refractivity contribution is 5.77. The summed E-state index contributed by atoms with van der Waals surface area (Å²) in [6, 6.07) is 10.4. The highest BCUT2D eigenvalue weighted by atomic mass is 16.5. The predicted octanol–water partition coefficient (Wildman–Crippen LogP) is 4.58. The normalized spacial score (nSPS) is 28.4. The topological polar surface area (TPSA) is 82.1 Å². The number of urea groups is 1. The molecule has 0 bridgehead atoms. The van der Waals surface area contributed by atoms with Crippen molar-refractivity contribution < 1.29 is 19.4 Å². The van der Waals surface area contributed by atoms with Crippen molar-refractivity contribution in [3.63, 3.8) is 0 Å². The van der Waals surface area contributed by atoms with E-state index < -0.39 is 11.5 Å². The van der Waals surface area contributed by atoms with Gasteiger partial charge in [0.2, 0.25) is 5.91 Å². The van der Waals surface area contributed by atoms with Crippen LogP contribution in [0.2, 0.25) is 0 Å². The largest absolute Gasteiger partial charge is 0.391 e. The van der Waals surface area contributed by atoms with Crippen LogP contribution in [-0.2, 0) is 16.1 Å². The van der Waals surface area contributed by atoms with Crippen LogP contribution in [0.3, 0.4) is 0 Å². The maximum absolute atomic E-state index is 13.7. The average molecular weight is 514 g/mol. The van der Waals surface area contributed by atoms with Gasteiger partial charge in [-0.05, 0) is 49.5 Å². The molecule has 7 heteroatoms. The van der Waals surface area contributed by atoms with E-state index >= 15 is 0 Å². The van der Waals surface area contributed by atoms with Crippen molar-refractivity contribution >= 4 is 11.9 Å². The lowest BCUT2D eigenvalue weighted by Gasteiger charge is -2.40. The van der Waals surface area contributed by atoms with Crippen molar-refractivity contribution in [1.82, 2.24) is 15.1 Å². The van der Waals surface area contributed by atoms with Crippen molar-refractivity contribution in [2.24, 2.45) is 17.3 Å². The van der Waals surface area contributed by atoms with E-state index in [9.17, 15) is 14.7 Å². The molecule has 3 aliphatic rings. The molecule has 0 spiro atoms. The lowest BCUT2D eigenvalue weighted by molar-refractivity contribution is -0.137. The van der Waals surface area contributed by atoms with Gasteiger partial charge in [-0.25, -0.2) is 4.79 Å². The summed E-state index contributed by atoms with van der Waals surface area (Å²) in [5.74, 6) is 0.597. The van der Waals surface area contributed by atoms with Crippen LogP contribution in [0.1, 0.15) is 77.2 Å². The monoisotopic (exact) mass is 513 g/mol. The van der Waals surface area contributed by atoms with Crippen LogP contribution in [0, 0.1) is 17.3 Å². The molecule has 3 amide bonds. The number of aliphatic hydroxyl groups excluding tert-OH is 1. The second-order valence-electron chi connectivity index (χ2n) is 12.2. The van der Waals surface area contributed by atoms with E-state index in [2.05, 4.69) is 5.32 Å². The molecule has 4 rings (SSSR count). The zero-order valence-corrected chi connectivity index (χ0v) is 22.9. The van der Waals surface area contributed by atoms with Gasteiger partial charge in [-0.2, -0.15) is 0 Å². The molecule has 1 saturated carbocycles. The number of carbonyl (C=O) groups is 2. The van der Waals surface area contributed by atoms with Crippen molar-refractivity contribution in [1.29, 1.82) is 0 Å². The van der Waals surface area contributed by atoms with E-state index in [0.717, 1.165) is 37.7 Å². The van der Waals surface area contributed by atoms with Crippen LogP contribution in [0.25, 0.3) is 0 Å². The first-order valence-electron chi connectivity index (χ1n) is 14.4. The minimum absolute atomic E-state index is 0.0615. The summed E-state index contributed by atoms with van der Waals surface area (Å²) < 4.78 is 6.01. The summed E-state index contributed by atoms with van der Waals surface area (Å²) in [4.78, 5) is 30.6. The Labute approximate surface area is 222 Å². The molecular weight excluding hydrogens is 466 g/mol. The van der Waals surface area contributed by atoms with Gasteiger partial charge in [0.15, 0.2) is 0 Å². The molecule has 7 nitrogen and oxygen atoms in total. The molecule has 0 radical (unpaired) electrons. The van der Waals surface area contributed by atoms with Gasteiger partial charge in [-0.1, -0.05) is 63.4 Å². The van der Waals surface area contributed by atoms with Gasteiger partial charge in [0.05, 0.1) is 12.7 Å². The molecule has 3 atom stereocenters. The number of ether oxygens (including phenoxy) is 1. The standard InChI is InChI=1S/C30H47N3O4/c1-30(2)22-37-17-9-12-25-20-32(29(36)31-26-13-7-4-8-14-26)16-15-24(25)18-28(35)33(21-27(30)34)19-23-10-5-3-6-11-23/h3,5-6,10-11,24-27,34H,4,7-9,12-22H2,1-2H3,(H,31,36)/t24-,25-,27-/m0/s1. The van der Waals surface area contributed by atoms with Gasteiger partial charge >= 0.3 is 6.03 Å². The van der Waals surface area contributed by atoms with Crippen molar-refractivity contribution in [3.8, 4) is 0 Å². The summed E-state index contributed by atoms with van der Waals surface area (Å²) in [6.07, 6.45) is 8.28. The maximum Gasteiger partial charge on any atom is 0.317 e. The molecule has 3 fully saturated rings. The third-order valence-corrected chi connectivity index (χ3v) is 8.75. The third kappa shape index (κ3) is 7.93. The number of fused-ring (bicyclic) bond motifs is 1. The zero-order chi connectivity index (χ0) is 26.3. The van der Waals surface area contributed by atoms with Gasteiger partial charge in [0, 0.05) is 50.7 Å². The number of piperidine rings is 1. The Morgan fingerprint density at radius 1 is 1.03 bits per heavy atom. The van der Waals surface area contributed by atoms with Gasteiger partial charge in [0.1, 0.15) is 0 Å². The van der Waals surface area contributed by atoms with E-state index in [-0.39, 0.29) is 30.3 Å². The Morgan fingerprint density at radius 2 is 1.78 bits per heavy atom. The molecule has 0 unspecified atom stereocenters. The lowest BCUT2D eigenvalue weighted by atomic mass is 9.80. The van der Waals surface area contributed by atoms with Crippen LogP contribution in [0.5, 0.6) is 0 Å². The molecule has 206 valence electrons. The van der Waals surface area contributed by atoms with Crippen LogP contribution in [0.15, 0.2) is 30.3 Å². The highest BCUT2D eigenvalue weighted by Gasteiger charge is 2.36.